The first-order chi connectivity index (χ1) is 12.1. The minimum atomic E-state index is -0.882. The van der Waals surface area contributed by atoms with Crippen LogP contribution in [0.3, 0.4) is 0 Å². The van der Waals surface area contributed by atoms with E-state index in [-0.39, 0.29) is 17.7 Å². The Kier molecular flexibility index (Phi) is 5.41. The van der Waals surface area contributed by atoms with Gasteiger partial charge in [0.1, 0.15) is 5.75 Å². The highest BCUT2D eigenvalue weighted by Gasteiger charge is 2.51. The summed E-state index contributed by atoms with van der Waals surface area (Å²) in [4.78, 5) is 24.1. The van der Waals surface area contributed by atoms with Crippen LogP contribution in [-0.2, 0) is 9.59 Å². The van der Waals surface area contributed by atoms with Gasteiger partial charge in [0, 0.05) is 5.69 Å². The topological polar surface area (TPSA) is 75.6 Å². The summed E-state index contributed by atoms with van der Waals surface area (Å²) in [5, 5.41) is 12.3. The second kappa shape index (κ2) is 7.72. The largest absolute Gasteiger partial charge is 0.494 e. The standard InChI is InChI=1S/C20H25NO4/c1-2-3-4-11-25-16-9-7-15(8-10-16)21-19(22)17-13-5-6-14(12-13)18(17)20(23)24/h5-10,13-14,17-18H,2-4,11-12H2,1H3,(H,21,22)(H,23,24)/t13-,14-,17+,18+/m1/s1. The lowest BCUT2D eigenvalue weighted by atomic mass is 9.82. The van der Waals surface area contributed by atoms with E-state index in [9.17, 15) is 14.7 Å². The molecule has 0 radical (unpaired) electrons. The Morgan fingerprint density at radius 3 is 2.44 bits per heavy atom. The lowest BCUT2D eigenvalue weighted by molar-refractivity contribution is -0.146. The maximum Gasteiger partial charge on any atom is 0.307 e. The van der Waals surface area contributed by atoms with E-state index in [1.54, 1.807) is 12.1 Å². The lowest BCUT2D eigenvalue weighted by Gasteiger charge is -2.23. The fraction of sp³-hybridized carbons (Fsp3) is 0.500. The van der Waals surface area contributed by atoms with E-state index in [0.29, 0.717) is 12.3 Å². The van der Waals surface area contributed by atoms with Crippen LogP contribution in [0.15, 0.2) is 36.4 Å². The third kappa shape index (κ3) is 3.86. The van der Waals surface area contributed by atoms with Gasteiger partial charge >= 0.3 is 5.97 Å². The van der Waals surface area contributed by atoms with Crippen molar-refractivity contribution in [3.63, 3.8) is 0 Å². The lowest BCUT2D eigenvalue weighted by Crippen LogP contribution is -2.36. The number of unbranched alkanes of at least 4 members (excludes halogenated alkanes) is 2. The zero-order valence-electron chi connectivity index (χ0n) is 14.5. The molecule has 1 fully saturated rings. The molecule has 2 aliphatic carbocycles. The first-order valence-corrected chi connectivity index (χ1v) is 9.05. The molecule has 3 rings (SSSR count). The summed E-state index contributed by atoms with van der Waals surface area (Å²) >= 11 is 0. The average molecular weight is 343 g/mol. The van der Waals surface area contributed by atoms with Crippen molar-refractivity contribution in [3.05, 3.63) is 36.4 Å². The highest BCUT2D eigenvalue weighted by atomic mass is 16.5. The van der Waals surface area contributed by atoms with Gasteiger partial charge in [0.25, 0.3) is 0 Å². The van der Waals surface area contributed by atoms with Crippen LogP contribution in [0, 0.1) is 23.7 Å². The van der Waals surface area contributed by atoms with E-state index >= 15 is 0 Å². The molecule has 0 aromatic heterocycles. The zero-order valence-corrected chi connectivity index (χ0v) is 14.5. The maximum absolute atomic E-state index is 12.6. The van der Waals surface area contributed by atoms with Gasteiger partial charge in [-0.3, -0.25) is 9.59 Å². The van der Waals surface area contributed by atoms with Crippen molar-refractivity contribution in [3.8, 4) is 5.75 Å². The van der Waals surface area contributed by atoms with Gasteiger partial charge in [0.2, 0.25) is 5.91 Å². The highest BCUT2D eigenvalue weighted by molar-refractivity contribution is 5.96. The number of ether oxygens (including phenoxy) is 1. The number of fused-ring (bicyclic) bond motifs is 2. The number of carboxylic acid groups (broad SMARTS) is 1. The van der Waals surface area contributed by atoms with Gasteiger partial charge in [-0.15, -0.1) is 0 Å². The van der Waals surface area contributed by atoms with Gasteiger partial charge in [-0.2, -0.15) is 0 Å². The van der Waals surface area contributed by atoms with E-state index in [1.807, 2.05) is 24.3 Å². The van der Waals surface area contributed by atoms with Crippen LogP contribution in [0.5, 0.6) is 5.75 Å². The Balaban J connectivity index is 1.58. The number of benzene rings is 1. The number of carboxylic acids is 1. The average Bonchev–Trinajstić information content (AvgIpc) is 3.21. The van der Waals surface area contributed by atoms with Crippen LogP contribution < -0.4 is 10.1 Å². The van der Waals surface area contributed by atoms with Crippen LogP contribution in [0.2, 0.25) is 0 Å². The van der Waals surface area contributed by atoms with E-state index in [1.165, 1.54) is 0 Å². The Hall–Kier alpha value is -2.30. The fourth-order valence-corrected chi connectivity index (χ4v) is 3.92. The maximum atomic E-state index is 12.6. The molecule has 1 saturated carbocycles. The van der Waals surface area contributed by atoms with E-state index in [4.69, 9.17) is 4.74 Å². The summed E-state index contributed by atoms with van der Waals surface area (Å²) in [6.07, 6.45) is 8.03. The van der Waals surface area contributed by atoms with Crippen molar-refractivity contribution in [2.24, 2.45) is 23.7 Å². The second-order valence-electron chi connectivity index (χ2n) is 6.91. The van der Waals surface area contributed by atoms with Crippen molar-refractivity contribution in [1.82, 2.24) is 0 Å². The molecule has 1 amide bonds. The van der Waals surface area contributed by atoms with Crippen molar-refractivity contribution >= 4 is 17.6 Å². The van der Waals surface area contributed by atoms with Gasteiger partial charge in [0.05, 0.1) is 18.4 Å². The molecular formula is C20H25NO4. The molecule has 0 unspecified atom stereocenters. The van der Waals surface area contributed by atoms with Crippen LogP contribution in [0.25, 0.3) is 0 Å². The number of hydrogen-bond acceptors (Lipinski definition) is 3. The predicted octanol–water partition coefficient (Wildman–Crippen LogP) is 3.72. The molecular weight excluding hydrogens is 318 g/mol. The van der Waals surface area contributed by atoms with E-state index in [0.717, 1.165) is 31.4 Å². The molecule has 0 saturated heterocycles. The molecule has 1 aromatic rings. The minimum Gasteiger partial charge on any atom is -0.494 e. The number of nitrogens with one attached hydrogen (secondary N) is 1. The number of carbonyl (C=O) groups is 2. The van der Waals surface area contributed by atoms with Gasteiger partial charge in [-0.05, 0) is 48.9 Å². The van der Waals surface area contributed by atoms with Gasteiger partial charge in [-0.25, -0.2) is 0 Å². The summed E-state index contributed by atoms with van der Waals surface area (Å²) in [5.41, 5.74) is 0.668. The molecule has 2 N–H and O–H groups in total. The summed E-state index contributed by atoms with van der Waals surface area (Å²) in [6.45, 7) is 2.84. The Morgan fingerprint density at radius 1 is 1.12 bits per heavy atom. The van der Waals surface area contributed by atoms with Gasteiger partial charge in [-0.1, -0.05) is 31.9 Å². The third-order valence-corrected chi connectivity index (χ3v) is 5.19. The van der Waals surface area contributed by atoms with Crippen molar-refractivity contribution in [2.75, 3.05) is 11.9 Å². The number of allylic oxidation sites excluding steroid dienone is 2. The normalized spacial score (nSPS) is 26.6. The number of aliphatic carboxylic acids is 1. The molecule has 4 atom stereocenters. The molecule has 0 heterocycles. The van der Waals surface area contributed by atoms with Gasteiger partial charge in [0.15, 0.2) is 0 Å². The van der Waals surface area contributed by atoms with Crippen LogP contribution >= 0.6 is 0 Å². The Bertz CT molecular complexity index is 652. The van der Waals surface area contributed by atoms with Crippen LogP contribution in [0.1, 0.15) is 32.6 Å². The first kappa shape index (κ1) is 17.5. The van der Waals surface area contributed by atoms with Gasteiger partial charge < -0.3 is 15.2 Å². The number of hydrogen-bond donors (Lipinski definition) is 2. The fourth-order valence-electron chi connectivity index (χ4n) is 3.92. The Labute approximate surface area is 148 Å². The smallest absolute Gasteiger partial charge is 0.307 e. The highest BCUT2D eigenvalue weighted by Crippen LogP contribution is 2.48. The molecule has 25 heavy (non-hydrogen) atoms. The summed E-state index contributed by atoms with van der Waals surface area (Å²) in [5.74, 6) is -1.40. The Morgan fingerprint density at radius 2 is 1.80 bits per heavy atom. The van der Waals surface area contributed by atoms with Crippen molar-refractivity contribution in [1.29, 1.82) is 0 Å². The quantitative estimate of drug-likeness (QED) is 0.557. The van der Waals surface area contributed by atoms with Crippen molar-refractivity contribution in [2.45, 2.75) is 32.6 Å². The first-order valence-electron chi connectivity index (χ1n) is 9.05. The number of anilines is 1. The molecule has 0 aliphatic heterocycles. The molecule has 5 heteroatoms. The zero-order chi connectivity index (χ0) is 17.8. The monoisotopic (exact) mass is 343 g/mol. The SMILES string of the molecule is CCCCCOc1ccc(NC(=O)[C@@H]2[C@@H](C(=O)O)[C@@H]3C=C[C@@H]2C3)cc1. The predicted molar refractivity (Wildman–Crippen MR) is 95.4 cm³/mol. The number of amides is 1. The van der Waals surface area contributed by atoms with Crippen LogP contribution in [-0.4, -0.2) is 23.6 Å². The van der Waals surface area contributed by atoms with Crippen molar-refractivity contribution < 1.29 is 19.4 Å². The van der Waals surface area contributed by atoms with E-state index in [2.05, 4.69) is 12.2 Å². The summed E-state index contributed by atoms with van der Waals surface area (Å²) in [7, 11) is 0. The summed E-state index contributed by atoms with van der Waals surface area (Å²) < 4.78 is 5.66. The molecule has 2 aliphatic rings. The number of carbonyl (C=O) groups excluding carboxylic acids is 1. The third-order valence-electron chi connectivity index (χ3n) is 5.19. The molecule has 0 spiro atoms. The van der Waals surface area contributed by atoms with E-state index < -0.39 is 17.8 Å². The molecule has 2 bridgehead atoms. The molecule has 134 valence electrons. The molecule has 1 aromatic carbocycles. The second-order valence-corrected chi connectivity index (χ2v) is 6.91. The van der Waals surface area contributed by atoms with Crippen LogP contribution in [0.4, 0.5) is 5.69 Å². The number of rotatable bonds is 8. The minimum absolute atomic E-state index is 0.0165. The molecule has 5 nitrogen and oxygen atoms in total. The summed E-state index contributed by atoms with van der Waals surface area (Å²) in [6, 6.07) is 7.26.